The highest BCUT2D eigenvalue weighted by molar-refractivity contribution is 7.89. The van der Waals surface area contributed by atoms with Gasteiger partial charge in [-0.2, -0.15) is 0 Å². The van der Waals surface area contributed by atoms with E-state index in [0.29, 0.717) is 6.42 Å². The highest BCUT2D eigenvalue weighted by Gasteiger charge is 2.13. The van der Waals surface area contributed by atoms with Crippen molar-refractivity contribution in [3.05, 3.63) is 35.4 Å². The first-order chi connectivity index (χ1) is 8.98. The maximum absolute atomic E-state index is 11.5. The van der Waals surface area contributed by atoms with E-state index in [4.69, 9.17) is 5.11 Å². The van der Waals surface area contributed by atoms with Crippen LogP contribution in [0.1, 0.15) is 37.4 Å². The van der Waals surface area contributed by atoms with Gasteiger partial charge >= 0.3 is 0 Å². The van der Waals surface area contributed by atoms with Crippen LogP contribution in [0.5, 0.6) is 0 Å². The normalized spacial score (nSPS) is 12.6. The minimum atomic E-state index is -3.20. The molecule has 0 aliphatic heterocycles. The molecule has 1 unspecified atom stereocenters. The van der Waals surface area contributed by atoms with Crippen molar-refractivity contribution in [3.63, 3.8) is 0 Å². The van der Waals surface area contributed by atoms with Crippen LogP contribution in [0.25, 0.3) is 0 Å². The van der Waals surface area contributed by atoms with Gasteiger partial charge in [0.25, 0.3) is 0 Å². The van der Waals surface area contributed by atoms with Crippen molar-refractivity contribution in [1.29, 1.82) is 0 Å². The summed E-state index contributed by atoms with van der Waals surface area (Å²) in [6, 6.07) is 7.13. The van der Waals surface area contributed by atoms with E-state index >= 15 is 0 Å². The average molecular weight is 281 g/mol. The number of hydrogen-bond donors (Lipinski definition) is 2. The molecule has 0 aliphatic rings. The van der Waals surface area contributed by atoms with Crippen LogP contribution in [-0.2, 0) is 10.0 Å². The van der Waals surface area contributed by atoms with Crippen LogP contribution in [-0.4, -0.2) is 25.9 Å². The lowest BCUT2D eigenvalue weighted by molar-refractivity contribution is 0.305. The molecular formula is C14H19NO3S. The summed E-state index contributed by atoms with van der Waals surface area (Å²) in [5.41, 5.74) is 1.74. The zero-order valence-corrected chi connectivity index (χ0v) is 12.0. The highest BCUT2D eigenvalue weighted by Crippen LogP contribution is 2.14. The van der Waals surface area contributed by atoms with Gasteiger partial charge in [0.2, 0.25) is 10.0 Å². The van der Waals surface area contributed by atoms with E-state index in [2.05, 4.69) is 16.6 Å². The summed E-state index contributed by atoms with van der Waals surface area (Å²) >= 11 is 0. The third kappa shape index (κ3) is 5.43. The molecular weight excluding hydrogens is 262 g/mol. The van der Waals surface area contributed by atoms with Crippen molar-refractivity contribution in [2.45, 2.75) is 26.3 Å². The summed E-state index contributed by atoms with van der Waals surface area (Å²) in [6.45, 7) is 3.47. The molecule has 104 valence electrons. The van der Waals surface area contributed by atoms with Crippen molar-refractivity contribution in [2.24, 2.45) is 0 Å². The molecule has 0 aliphatic carbocycles. The van der Waals surface area contributed by atoms with Crippen molar-refractivity contribution in [3.8, 4) is 11.8 Å². The van der Waals surface area contributed by atoms with Crippen LogP contribution >= 0.6 is 0 Å². The molecule has 4 nitrogen and oxygen atoms in total. The quantitative estimate of drug-likeness (QED) is 0.802. The van der Waals surface area contributed by atoms with Crippen LogP contribution in [0, 0.1) is 11.8 Å². The molecule has 0 amide bonds. The number of sulfonamides is 1. The van der Waals surface area contributed by atoms with E-state index in [-0.39, 0.29) is 18.4 Å². The molecule has 0 saturated carbocycles. The predicted molar refractivity (Wildman–Crippen MR) is 76.0 cm³/mol. The lowest BCUT2D eigenvalue weighted by Gasteiger charge is -2.13. The Kier molecular flexibility index (Phi) is 6.03. The third-order valence-corrected chi connectivity index (χ3v) is 4.09. The van der Waals surface area contributed by atoms with Gasteiger partial charge in [0.1, 0.15) is 0 Å². The Morgan fingerprint density at radius 2 is 1.95 bits per heavy atom. The molecule has 19 heavy (non-hydrogen) atoms. The number of benzene rings is 1. The monoisotopic (exact) mass is 281 g/mol. The lowest BCUT2D eigenvalue weighted by atomic mass is 10.1. The van der Waals surface area contributed by atoms with Crippen LogP contribution in [0.15, 0.2) is 24.3 Å². The minimum absolute atomic E-state index is 0.0565. The van der Waals surface area contributed by atoms with E-state index in [0.717, 1.165) is 11.1 Å². The third-order valence-electron chi connectivity index (χ3n) is 2.62. The smallest absolute Gasteiger partial charge is 0.211 e. The average Bonchev–Trinajstić information content (AvgIpc) is 2.39. The Morgan fingerprint density at radius 1 is 1.32 bits per heavy atom. The van der Waals surface area contributed by atoms with Gasteiger partial charge in [0, 0.05) is 18.0 Å². The zero-order chi connectivity index (χ0) is 14.3. The minimum Gasteiger partial charge on any atom is -0.395 e. The van der Waals surface area contributed by atoms with E-state index in [1.807, 2.05) is 24.3 Å². The van der Waals surface area contributed by atoms with E-state index in [9.17, 15) is 8.42 Å². The van der Waals surface area contributed by atoms with Crippen molar-refractivity contribution in [1.82, 2.24) is 4.72 Å². The highest BCUT2D eigenvalue weighted by atomic mass is 32.2. The second-order valence-corrected chi connectivity index (χ2v) is 6.18. The summed E-state index contributed by atoms with van der Waals surface area (Å²) < 4.78 is 25.5. The Morgan fingerprint density at radius 3 is 2.47 bits per heavy atom. The summed E-state index contributed by atoms with van der Waals surface area (Å²) in [5, 5.41) is 8.63. The summed E-state index contributed by atoms with van der Waals surface area (Å²) in [7, 11) is -3.20. The Bertz CT molecular complexity index is 553. The SMILES string of the molecule is CCS(=O)(=O)NC(C)c1ccc(C#CCCO)cc1. The van der Waals surface area contributed by atoms with Gasteiger partial charge in [-0.15, -0.1) is 0 Å². The molecule has 0 heterocycles. The Labute approximate surface area is 114 Å². The lowest BCUT2D eigenvalue weighted by Crippen LogP contribution is -2.28. The molecule has 2 N–H and O–H groups in total. The molecule has 0 spiro atoms. The molecule has 1 aromatic carbocycles. The molecule has 0 saturated heterocycles. The van der Waals surface area contributed by atoms with Crippen LogP contribution in [0.4, 0.5) is 0 Å². The molecule has 1 aromatic rings. The Balaban J connectivity index is 2.74. The van der Waals surface area contributed by atoms with Crippen LogP contribution in [0.2, 0.25) is 0 Å². The predicted octanol–water partition coefficient (Wildman–Crippen LogP) is 1.42. The first kappa shape index (κ1) is 15.7. The zero-order valence-electron chi connectivity index (χ0n) is 11.2. The molecule has 0 bridgehead atoms. The molecule has 1 atom stereocenters. The maximum atomic E-state index is 11.5. The molecule has 5 heteroatoms. The van der Waals surface area contributed by atoms with E-state index in [1.165, 1.54) is 0 Å². The molecule has 0 fully saturated rings. The molecule has 0 radical (unpaired) electrons. The Hall–Kier alpha value is -1.35. The van der Waals surface area contributed by atoms with E-state index < -0.39 is 10.0 Å². The van der Waals surface area contributed by atoms with E-state index in [1.54, 1.807) is 13.8 Å². The summed E-state index contributed by atoms with van der Waals surface area (Å²) in [6.07, 6.45) is 0.453. The standard InChI is InChI=1S/C14H19NO3S/c1-3-19(17,18)15-12(2)14-9-7-13(8-10-14)6-4-5-11-16/h7-10,12,15-16H,3,5,11H2,1-2H3. The fraction of sp³-hybridized carbons (Fsp3) is 0.429. The van der Waals surface area contributed by atoms with Crippen molar-refractivity contribution < 1.29 is 13.5 Å². The van der Waals surface area contributed by atoms with Crippen LogP contribution in [0.3, 0.4) is 0 Å². The number of rotatable bonds is 5. The van der Waals surface area contributed by atoms with Gasteiger partial charge in [-0.05, 0) is 31.5 Å². The van der Waals surface area contributed by atoms with Crippen molar-refractivity contribution in [2.75, 3.05) is 12.4 Å². The fourth-order valence-corrected chi connectivity index (χ4v) is 2.34. The van der Waals surface area contributed by atoms with Gasteiger partial charge in [0.15, 0.2) is 0 Å². The first-order valence-corrected chi connectivity index (χ1v) is 7.83. The molecule has 1 rings (SSSR count). The molecule has 0 aromatic heterocycles. The van der Waals surface area contributed by atoms with Gasteiger partial charge in [-0.3, -0.25) is 0 Å². The number of nitrogens with one attached hydrogen (secondary N) is 1. The topological polar surface area (TPSA) is 66.4 Å². The summed E-state index contributed by atoms with van der Waals surface area (Å²) in [4.78, 5) is 0. The largest absolute Gasteiger partial charge is 0.395 e. The van der Waals surface area contributed by atoms with Gasteiger partial charge in [0.05, 0.1) is 12.4 Å². The number of aliphatic hydroxyl groups excluding tert-OH is 1. The second-order valence-electron chi connectivity index (χ2n) is 4.14. The summed E-state index contributed by atoms with van der Waals surface area (Å²) in [5.74, 6) is 5.83. The number of aliphatic hydroxyl groups is 1. The first-order valence-electron chi connectivity index (χ1n) is 6.18. The van der Waals surface area contributed by atoms with Gasteiger partial charge < -0.3 is 5.11 Å². The van der Waals surface area contributed by atoms with Gasteiger partial charge in [-0.25, -0.2) is 13.1 Å². The van der Waals surface area contributed by atoms with Crippen LogP contribution < -0.4 is 4.72 Å². The number of hydrogen-bond acceptors (Lipinski definition) is 3. The maximum Gasteiger partial charge on any atom is 0.211 e. The van der Waals surface area contributed by atoms with Gasteiger partial charge in [-0.1, -0.05) is 24.0 Å². The van der Waals surface area contributed by atoms with Crippen molar-refractivity contribution >= 4 is 10.0 Å². The second kappa shape index (κ2) is 7.29. The fourth-order valence-electron chi connectivity index (χ4n) is 1.50.